The summed E-state index contributed by atoms with van der Waals surface area (Å²) in [5, 5.41) is 2.71. The first-order valence-electron chi connectivity index (χ1n) is 9.40. The molecule has 2 N–H and O–H groups in total. The predicted molar refractivity (Wildman–Crippen MR) is 108 cm³/mol. The number of halogens is 3. The summed E-state index contributed by atoms with van der Waals surface area (Å²) >= 11 is 0. The third-order valence-electron chi connectivity index (χ3n) is 4.99. The minimum Gasteiger partial charge on any atom is -0.360 e. The van der Waals surface area contributed by atoms with Crippen LogP contribution in [0.1, 0.15) is 33.2 Å². The van der Waals surface area contributed by atoms with E-state index >= 15 is 0 Å². The molecular weight excluding hydrogens is 395 g/mol. The molecule has 0 saturated carbocycles. The zero-order valence-corrected chi connectivity index (χ0v) is 16.6. The largest absolute Gasteiger partial charge is 0.405 e. The third kappa shape index (κ3) is 5.07. The molecule has 158 valence electrons. The molecule has 30 heavy (non-hydrogen) atoms. The zero-order chi connectivity index (χ0) is 21.9. The first-order valence-corrected chi connectivity index (χ1v) is 9.40. The number of likely N-dealkylation sites (N-methyl/N-ethyl adjacent to an activating group) is 1. The number of alkyl halides is 3. The second-order valence-corrected chi connectivity index (χ2v) is 7.20. The van der Waals surface area contributed by atoms with Crippen LogP contribution in [0.4, 0.5) is 13.2 Å². The fraction of sp³-hybridized carbons (Fsp3) is 0.273. The number of hydrogen-bond acceptors (Lipinski definition) is 3. The molecule has 0 spiro atoms. The lowest BCUT2D eigenvalue weighted by atomic mass is 10.0. The SMILES string of the molecule is C[C@H](C(=O)c1c[nH]c2ccccc12)N(C)Cc1ccc(C(=O)NCC(F)(F)F)cc1. The Morgan fingerprint density at radius 2 is 1.77 bits per heavy atom. The van der Waals surface area contributed by atoms with Crippen molar-refractivity contribution in [1.82, 2.24) is 15.2 Å². The third-order valence-corrected chi connectivity index (χ3v) is 4.99. The molecule has 1 aromatic heterocycles. The maximum atomic E-state index is 12.9. The van der Waals surface area contributed by atoms with Crippen molar-refractivity contribution < 1.29 is 22.8 Å². The summed E-state index contributed by atoms with van der Waals surface area (Å²) in [5.74, 6) is -0.798. The molecule has 0 fully saturated rings. The molecule has 2 aromatic carbocycles. The van der Waals surface area contributed by atoms with Crippen LogP contribution in [0.3, 0.4) is 0 Å². The molecule has 0 bridgehead atoms. The van der Waals surface area contributed by atoms with E-state index in [0.29, 0.717) is 12.1 Å². The molecule has 0 aliphatic rings. The first kappa shape index (κ1) is 21.6. The Labute approximate surface area is 171 Å². The lowest BCUT2D eigenvalue weighted by molar-refractivity contribution is -0.123. The van der Waals surface area contributed by atoms with Gasteiger partial charge in [-0.05, 0) is 37.7 Å². The second kappa shape index (κ2) is 8.71. The van der Waals surface area contributed by atoms with E-state index in [-0.39, 0.29) is 17.4 Å². The fourth-order valence-corrected chi connectivity index (χ4v) is 3.17. The number of carbonyl (C=O) groups is 2. The van der Waals surface area contributed by atoms with E-state index in [9.17, 15) is 22.8 Å². The number of rotatable bonds is 7. The molecule has 3 aromatic rings. The van der Waals surface area contributed by atoms with Gasteiger partial charge in [0.25, 0.3) is 5.91 Å². The molecule has 1 heterocycles. The van der Waals surface area contributed by atoms with Gasteiger partial charge < -0.3 is 10.3 Å². The molecule has 0 aliphatic carbocycles. The van der Waals surface area contributed by atoms with Crippen LogP contribution in [0, 0.1) is 0 Å². The molecule has 0 aliphatic heterocycles. The Morgan fingerprint density at radius 1 is 1.10 bits per heavy atom. The van der Waals surface area contributed by atoms with E-state index in [0.717, 1.165) is 16.5 Å². The number of hydrogen-bond donors (Lipinski definition) is 2. The summed E-state index contributed by atoms with van der Waals surface area (Å²) in [6.45, 7) is 0.895. The van der Waals surface area contributed by atoms with E-state index < -0.39 is 18.6 Å². The highest BCUT2D eigenvalue weighted by molar-refractivity contribution is 6.10. The second-order valence-electron chi connectivity index (χ2n) is 7.20. The highest BCUT2D eigenvalue weighted by Crippen LogP contribution is 2.21. The summed E-state index contributed by atoms with van der Waals surface area (Å²) in [5.41, 5.74) is 2.51. The first-order chi connectivity index (χ1) is 14.2. The summed E-state index contributed by atoms with van der Waals surface area (Å²) < 4.78 is 36.7. The standard InChI is InChI=1S/C22H22F3N3O2/c1-14(20(29)18-11-26-19-6-4-3-5-17(18)19)28(2)12-15-7-9-16(10-8-15)21(30)27-13-22(23,24)25/h3-11,14,26H,12-13H2,1-2H3,(H,27,30)/t14-/m1/s1. The van der Waals surface area contributed by atoms with E-state index in [1.165, 1.54) is 12.1 Å². The van der Waals surface area contributed by atoms with Gasteiger partial charge in [-0.1, -0.05) is 30.3 Å². The van der Waals surface area contributed by atoms with Crippen LogP contribution < -0.4 is 5.32 Å². The minimum absolute atomic E-state index is 0.0156. The number of fused-ring (bicyclic) bond motifs is 1. The van der Waals surface area contributed by atoms with Gasteiger partial charge in [0.2, 0.25) is 0 Å². The highest BCUT2D eigenvalue weighted by Gasteiger charge is 2.28. The number of nitrogens with one attached hydrogen (secondary N) is 2. The molecule has 0 saturated heterocycles. The van der Waals surface area contributed by atoms with Crippen molar-refractivity contribution in [2.75, 3.05) is 13.6 Å². The van der Waals surface area contributed by atoms with Gasteiger partial charge in [-0.25, -0.2) is 0 Å². The molecule has 0 unspecified atom stereocenters. The Hall–Kier alpha value is -3.13. The van der Waals surface area contributed by atoms with Crippen molar-refractivity contribution >= 4 is 22.6 Å². The molecule has 0 radical (unpaired) electrons. The fourth-order valence-electron chi connectivity index (χ4n) is 3.17. The summed E-state index contributed by atoms with van der Waals surface area (Å²) in [7, 11) is 1.82. The van der Waals surface area contributed by atoms with Crippen LogP contribution in [-0.2, 0) is 6.54 Å². The molecule has 1 amide bonds. The van der Waals surface area contributed by atoms with Crippen molar-refractivity contribution in [1.29, 1.82) is 0 Å². The maximum absolute atomic E-state index is 12.9. The number of amides is 1. The molecular formula is C22H22F3N3O2. The lowest BCUT2D eigenvalue weighted by Gasteiger charge is -2.23. The summed E-state index contributed by atoms with van der Waals surface area (Å²) in [4.78, 5) is 29.7. The van der Waals surface area contributed by atoms with Crippen LogP contribution in [0.5, 0.6) is 0 Å². The van der Waals surface area contributed by atoms with E-state index in [4.69, 9.17) is 0 Å². The number of Topliss-reactive ketones (excluding diaryl/α,β-unsaturated/α-hetero) is 1. The average molecular weight is 417 g/mol. The van der Waals surface area contributed by atoms with Crippen LogP contribution in [0.2, 0.25) is 0 Å². The molecule has 8 heteroatoms. The van der Waals surface area contributed by atoms with Crippen LogP contribution in [-0.4, -0.2) is 47.4 Å². The minimum atomic E-state index is -4.45. The van der Waals surface area contributed by atoms with Crippen LogP contribution >= 0.6 is 0 Å². The van der Waals surface area contributed by atoms with Gasteiger partial charge in [0.1, 0.15) is 6.54 Å². The van der Waals surface area contributed by atoms with Crippen molar-refractivity contribution in [2.24, 2.45) is 0 Å². The maximum Gasteiger partial charge on any atom is 0.405 e. The molecule has 1 atom stereocenters. The summed E-state index contributed by atoms with van der Waals surface area (Å²) in [6, 6.07) is 13.5. The van der Waals surface area contributed by atoms with Gasteiger partial charge in [-0.2, -0.15) is 13.2 Å². The van der Waals surface area contributed by atoms with Gasteiger partial charge in [0.05, 0.1) is 6.04 Å². The van der Waals surface area contributed by atoms with Gasteiger partial charge in [0.15, 0.2) is 5.78 Å². The van der Waals surface area contributed by atoms with Gasteiger partial charge in [-0.15, -0.1) is 0 Å². The summed E-state index contributed by atoms with van der Waals surface area (Å²) in [6.07, 6.45) is -2.74. The molecule has 5 nitrogen and oxygen atoms in total. The number of aromatic amines is 1. The van der Waals surface area contributed by atoms with Crippen molar-refractivity contribution in [3.05, 3.63) is 71.4 Å². The Kier molecular flexibility index (Phi) is 6.26. The smallest absolute Gasteiger partial charge is 0.360 e. The lowest BCUT2D eigenvalue weighted by Crippen LogP contribution is -2.35. The quantitative estimate of drug-likeness (QED) is 0.568. The van der Waals surface area contributed by atoms with Crippen LogP contribution in [0.25, 0.3) is 10.9 Å². The number of para-hydroxylation sites is 1. The average Bonchev–Trinajstić information content (AvgIpc) is 3.15. The number of nitrogens with zero attached hydrogens (tertiary/aromatic N) is 1. The monoisotopic (exact) mass is 417 g/mol. The topological polar surface area (TPSA) is 65.2 Å². The van der Waals surface area contributed by atoms with Gasteiger partial charge in [-0.3, -0.25) is 14.5 Å². The Balaban J connectivity index is 1.63. The predicted octanol–water partition coefficient (Wildman–Crippen LogP) is 4.16. The number of ketones is 1. The number of H-pyrrole nitrogens is 1. The van der Waals surface area contributed by atoms with E-state index in [1.807, 2.05) is 48.5 Å². The zero-order valence-electron chi connectivity index (χ0n) is 16.6. The Bertz CT molecular complexity index is 1040. The van der Waals surface area contributed by atoms with E-state index in [2.05, 4.69) is 4.98 Å². The Morgan fingerprint density at radius 3 is 2.43 bits per heavy atom. The van der Waals surface area contributed by atoms with Gasteiger partial charge in [0, 0.05) is 34.8 Å². The normalized spacial score (nSPS) is 12.9. The number of benzene rings is 2. The van der Waals surface area contributed by atoms with Gasteiger partial charge >= 0.3 is 6.18 Å². The van der Waals surface area contributed by atoms with Crippen LogP contribution in [0.15, 0.2) is 54.7 Å². The van der Waals surface area contributed by atoms with Crippen molar-refractivity contribution in [3.63, 3.8) is 0 Å². The number of carbonyl (C=O) groups excluding carboxylic acids is 2. The highest BCUT2D eigenvalue weighted by atomic mass is 19.4. The van der Waals surface area contributed by atoms with E-state index in [1.54, 1.807) is 18.3 Å². The molecule has 3 rings (SSSR count). The van der Waals surface area contributed by atoms with Crippen molar-refractivity contribution in [2.45, 2.75) is 25.7 Å². The number of aromatic nitrogens is 1. The van der Waals surface area contributed by atoms with Crippen molar-refractivity contribution in [3.8, 4) is 0 Å².